The summed E-state index contributed by atoms with van der Waals surface area (Å²) >= 11 is 5.50. The number of hydrogen-bond donors (Lipinski definition) is 2. The molecular formula is C8H6ClNO3. The van der Waals surface area contributed by atoms with Crippen LogP contribution in [-0.4, -0.2) is 21.2 Å². The lowest BCUT2D eigenvalue weighted by molar-refractivity contribution is -0.130. The summed E-state index contributed by atoms with van der Waals surface area (Å²) in [5, 5.41) is 17.5. The molecule has 0 aliphatic heterocycles. The van der Waals surface area contributed by atoms with E-state index in [9.17, 15) is 4.79 Å². The Hall–Kier alpha value is -1.55. The molecule has 1 aromatic rings. The smallest absolute Gasteiger partial charge is 0.339 e. The van der Waals surface area contributed by atoms with Gasteiger partial charge >= 0.3 is 5.97 Å². The Morgan fingerprint density at radius 3 is 2.62 bits per heavy atom. The van der Waals surface area contributed by atoms with E-state index in [4.69, 9.17) is 21.8 Å². The second kappa shape index (κ2) is 3.91. The first kappa shape index (κ1) is 9.54. The van der Waals surface area contributed by atoms with Crippen LogP contribution in [0.15, 0.2) is 24.6 Å². The zero-order valence-corrected chi connectivity index (χ0v) is 7.19. The van der Waals surface area contributed by atoms with Crippen LogP contribution in [0.5, 0.6) is 0 Å². The molecule has 0 spiro atoms. The van der Waals surface area contributed by atoms with Crippen molar-refractivity contribution in [3.05, 3.63) is 35.3 Å². The van der Waals surface area contributed by atoms with Crippen molar-refractivity contribution in [1.29, 1.82) is 0 Å². The summed E-state index contributed by atoms with van der Waals surface area (Å²) in [4.78, 5) is 14.2. The number of aliphatic hydroxyl groups excluding tert-OH is 1. The number of aliphatic hydroxyl groups is 1. The third-order valence-corrected chi connectivity index (χ3v) is 1.62. The second-order valence-electron chi connectivity index (χ2n) is 2.22. The van der Waals surface area contributed by atoms with Crippen molar-refractivity contribution in [3.63, 3.8) is 0 Å². The summed E-state index contributed by atoms with van der Waals surface area (Å²) in [7, 11) is 0. The van der Waals surface area contributed by atoms with E-state index in [-0.39, 0.29) is 10.7 Å². The minimum Gasteiger partial charge on any atom is -0.515 e. The summed E-state index contributed by atoms with van der Waals surface area (Å²) in [6.07, 6.45) is 1.80. The molecule has 5 heteroatoms. The number of carboxylic acids is 1. The number of aromatic nitrogens is 1. The van der Waals surface area contributed by atoms with Crippen molar-refractivity contribution in [3.8, 4) is 0 Å². The van der Waals surface area contributed by atoms with Gasteiger partial charge < -0.3 is 10.2 Å². The highest BCUT2D eigenvalue weighted by atomic mass is 35.5. The van der Waals surface area contributed by atoms with E-state index < -0.39 is 5.97 Å². The van der Waals surface area contributed by atoms with Gasteiger partial charge in [-0.15, -0.1) is 0 Å². The van der Waals surface area contributed by atoms with Crippen LogP contribution in [0, 0.1) is 0 Å². The number of carboxylic acid groups (broad SMARTS) is 1. The molecule has 0 saturated carbocycles. The van der Waals surface area contributed by atoms with Gasteiger partial charge in [0.25, 0.3) is 0 Å². The van der Waals surface area contributed by atoms with E-state index in [1.54, 1.807) is 0 Å². The van der Waals surface area contributed by atoms with Crippen LogP contribution >= 0.6 is 11.6 Å². The Morgan fingerprint density at radius 1 is 1.54 bits per heavy atom. The van der Waals surface area contributed by atoms with E-state index >= 15 is 0 Å². The van der Waals surface area contributed by atoms with Crippen molar-refractivity contribution in [2.75, 3.05) is 0 Å². The molecule has 0 fully saturated rings. The zero-order valence-electron chi connectivity index (χ0n) is 6.44. The number of rotatable bonds is 2. The maximum absolute atomic E-state index is 10.5. The minimum absolute atomic E-state index is 0.218. The molecule has 0 aliphatic rings. The Labute approximate surface area is 79.1 Å². The number of hydrogen-bond acceptors (Lipinski definition) is 3. The fraction of sp³-hybridized carbons (Fsp3) is 0. The van der Waals surface area contributed by atoms with E-state index in [0.29, 0.717) is 11.8 Å². The Morgan fingerprint density at radius 2 is 2.23 bits per heavy atom. The number of nitrogens with zero attached hydrogens (tertiary/aromatic N) is 1. The predicted octanol–water partition coefficient (Wildman–Crippen LogP) is 1.72. The highest BCUT2D eigenvalue weighted by Crippen LogP contribution is 2.14. The molecule has 13 heavy (non-hydrogen) atoms. The standard InChI is InChI=1S/C8H6ClNO3/c9-7-2-1-5(3-10-7)6(4-11)8(12)13/h1-4,11H,(H,12,13)/b6-4+. The number of pyridine rings is 1. The molecule has 2 N–H and O–H groups in total. The van der Waals surface area contributed by atoms with Crippen molar-refractivity contribution in [2.24, 2.45) is 0 Å². The number of carbonyl (C=O) groups is 1. The van der Waals surface area contributed by atoms with Gasteiger partial charge in [-0.2, -0.15) is 0 Å². The molecule has 0 atom stereocenters. The lowest BCUT2D eigenvalue weighted by atomic mass is 10.1. The van der Waals surface area contributed by atoms with Crippen LogP contribution in [-0.2, 0) is 4.79 Å². The fourth-order valence-corrected chi connectivity index (χ4v) is 0.900. The van der Waals surface area contributed by atoms with Crippen molar-refractivity contribution >= 4 is 23.1 Å². The van der Waals surface area contributed by atoms with Crippen LogP contribution < -0.4 is 0 Å². The molecule has 1 heterocycles. The minimum atomic E-state index is -1.22. The summed E-state index contributed by atoms with van der Waals surface area (Å²) < 4.78 is 0. The molecular weight excluding hydrogens is 194 g/mol. The van der Waals surface area contributed by atoms with Crippen molar-refractivity contribution in [2.45, 2.75) is 0 Å². The fourth-order valence-electron chi connectivity index (χ4n) is 0.788. The Bertz CT molecular complexity index is 345. The van der Waals surface area contributed by atoms with Gasteiger partial charge in [0, 0.05) is 11.8 Å². The summed E-state index contributed by atoms with van der Waals surface area (Å²) in [5.74, 6) is -1.22. The molecule has 1 rings (SSSR count). The highest BCUT2D eigenvalue weighted by Gasteiger charge is 2.10. The number of aliphatic carboxylic acids is 1. The molecule has 68 valence electrons. The highest BCUT2D eigenvalue weighted by molar-refractivity contribution is 6.29. The molecule has 0 unspecified atom stereocenters. The van der Waals surface area contributed by atoms with Crippen molar-refractivity contribution in [1.82, 2.24) is 4.98 Å². The summed E-state index contributed by atoms with van der Waals surface area (Å²) in [5.41, 5.74) is 0.0866. The van der Waals surface area contributed by atoms with E-state index in [1.807, 2.05) is 0 Å². The SMILES string of the molecule is O=C(O)/C(=C/O)c1ccc(Cl)nc1. The van der Waals surface area contributed by atoms with Crippen LogP contribution in [0.1, 0.15) is 5.56 Å². The summed E-state index contributed by atoms with van der Waals surface area (Å²) in [6, 6.07) is 2.91. The Kier molecular flexibility index (Phi) is 2.87. The lowest BCUT2D eigenvalue weighted by Crippen LogP contribution is -1.99. The van der Waals surface area contributed by atoms with Crippen LogP contribution in [0.4, 0.5) is 0 Å². The van der Waals surface area contributed by atoms with E-state index in [0.717, 1.165) is 0 Å². The molecule has 0 amide bonds. The molecule has 4 nitrogen and oxygen atoms in total. The van der Waals surface area contributed by atoms with Gasteiger partial charge in [0.1, 0.15) is 10.7 Å². The normalized spacial score (nSPS) is 11.3. The molecule has 0 saturated heterocycles. The number of halogens is 1. The molecule has 0 bridgehead atoms. The topological polar surface area (TPSA) is 70.4 Å². The zero-order chi connectivity index (χ0) is 9.84. The van der Waals surface area contributed by atoms with Gasteiger partial charge in [-0.05, 0) is 12.1 Å². The Balaban J connectivity index is 3.07. The third kappa shape index (κ3) is 2.19. The average Bonchev–Trinajstić information content (AvgIpc) is 2.09. The van der Waals surface area contributed by atoms with Gasteiger partial charge in [-0.1, -0.05) is 11.6 Å². The molecule has 0 aromatic carbocycles. The van der Waals surface area contributed by atoms with Gasteiger partial charge in [0.15, 0.2) is 0 Å². The molecule has 1 aromatic heterocycles. The summed E-state index contributed by atoms with van der Waals surface area (Å²) in [6.45, 7) is 0. The molecule has 0 radical (unpaired) electrons. The van der Waals surface area contributed by atoms with Gasteiger partial charge in [0.2, 0.25) is 0 Å². The first-order valence-corrected chi connectivity index (χ1v) is 3.72. The van der Waals surface area contributed by atoms with E-state index in [2.05, 4.69) is 4.98 Å². The third-order valence-electron chi connectivity index (χ3n) is 1.40. The predicted molar refractivity (Wildman–Crippen MR) is 47.5 cm³/mol. The van der Waals surface area contributed by atoms with Crippen LogP contribution in [0.2, 0.25) is 5.15 Å². The largest absolute Gasteiger partial charge is 0.515 e. The van der Waals surface area contributed by atoms with Gasteiger partial charge in [0.05, 0.1) is 6.26 Å². The first-order chi connectivity index (χ1) is 6.15. The second-order valence-corrected chi connectivity index (χ2v) is 2.60. The first-order valence-electron chi connectivity index (χ1n) is 3.34. The maximum Gasteiger partial charge on any atom is 0.339 e. The van der Waals surface area contributed by atoms with Crippen molar-refractivity contribution < 1.29 is 15.0 Å². The monoisotopic (exact) mass is 199 g/mol. The van der Waals surface area contributed by atoms with E-state index in [1.165, 1.54) is 18.3 Å². The van der Waals surface area contributed by atoms with Crippen LogP contribution in [0.3, 0.4) is 0 Å². The maximum atomic E-state index is 10.5. The van der Waals surface area contributed by atoms with Gasteiger partial charge in [-0.25, -0.2) is 9.78 Å². The quantitative estimate of drug-likeness (QED) is 0.432. The lowest BCUT2D eigenvalue weighted by Gasteiger charge is -1.99. The van der Waals surface area contributed by atoms with Crippen LogP contribution in [0.25, 0.3) is 5.57 Å². The molecule has 0 aliphatic carbocycles. The van der Waals surface area contributed by atoms with Gasteiger partial charge in [-0.3, -0.25) is 0 Å². The average molecular weight is 200 g/mol.